The number of likely N-dealkylation sites (tertiary alicyclic amines) is 1. The molecule has 1 N–H and O–H groups in total. The maximum Gasteiger partial charge on any atom is 0.250 e. The van der Waals surface area contributed by atoms with E-state index in [9.17, 15) is 9.90 Å². The highest BCUT2D eigenvalue weighted by atomic mass is 16.5. The summed E-state index contributed by atoms with van der Waals surface area (Å²) < 4.78 is 7.15. The molecule has 2 aliphatic rings. The first-order valence-corrected chi connectivity index (χ1v) is 8.42. The van der Waals surface area contributed by atoms with Crippen LogP contribution in [0.1, 0.15) is 23.6 Å². The number of nitrogens with zero attached hydrogens (tertiary/aromatic N) is 2. The van der Waals surface area contributed by atoms with Gasteiger partial charge in [-0.2, -0.15) is 0 Å². The Labute approximate surface area is 141 Å². The number of phenolic OH excluding ortho intramolecular Hbond substituents is 1. The van der Waals surface area contributed by atoms with E-state index in [1.165, 1.54) is 0 Å². The number of aromatic nitrogens is 1. The predicted octanol–water partition coefficient (Wildman–Crippen LogP) is 2.18. The van der Waals surface area contributed by atoms with E-state index in [4.69, 9.17) is 4.74 Å². The molecule has 0 aliphatic carbocycles. The Hall–Kier alpha value is -2.27. The fourth-order valence-corrected chi connectivity index (χ4v) is 4.23. The third kappa shape index (κ3) is 2.59. The van der Waals surface area contributed by atoms with Crippen LogP contribution in [0.4, 0.5) is 0 Å². The van der Waals surface area contributed by atoms with Crippen molar-refractivity contribution in [2.24, 2.45) is 5.92 Å². The third-order valence-corrected chi connectivity index (χ3v) is 5.25. The maximum absolute atomic E-state index is 12.1. The molecule has 0 amide bonds. The smallest absolute Gasteiger partial charge is 0.250 e. The van der Waals surface area contributed by atoms with Crippen LogP contribution in [0.3, 0.4) is 0 Å². The van der Waals surface area contributed by atoms with Crippen molar-refractivity contribution in [1.29, 1.82) is 0 Å². The highest BCUT2D eigenvalue weighted by Crippen LogP contribution is 2.37. The quantitative estimate of drug-likeness (QED) is 0.939. The van der Waals surface area contributed by atoms with E-state index >= 15 is 0 Å². The lowest BCUT2D eigenvalue weighted by molar-refractivity contribution is 0.113. The molecule has 0 saturated carbocycles. The molecule has 5 heteroatoms. The van der Waals surface area contributed by atoms with Gasteiger partial charge in [0.1, 0.15) is 0 Å². The van der Waals surface area contributed by atoms with Gasteiger partial charge in [-0.15, -0.1) is 0 Å². The van der Waals surface area contributed by atoms with Crippen molar-refractivity contribution < 1.29 is 9.84 Å². The Morgan fingerprint density at radius 2 is 2.00 bits per heavy atom. The summed E-state index contributed by atoms with van der Waals surface area (Å²) in [6.45, 7) is 3.36. The van der Waals surface area contributed by atoms with Crippen molar-refractivity contribution in [2.75, 3.05) is 20.2 Å². The van der Waals surface area contributed by atoms with Crippen LogP contribution >= 0.6 is 0 Å². The molecule has 126 valence electrons. The molecule has 4 rings (SSSR count). The number of aromatic hydroxyl groups is 1. The van der Waals surface area contributed by atoms with Gasteiger partial charge >= 0.3 is 0 Å². The van der Waals surface area contributed by atoms with E-state index < -0.39 is 0 Å². The van der Waals surface area contributed by atoms with E-state index in [1.807, 2.05) is 22.8 Å². The summed E-state index contributed by atoms with van der Waals surface area (Å²) in [5.41, 5.74) is 2.15. The fraction of sp³-hybridized carbons (Fsp3) is 0.421. The zero-order valence-corrected chi connectivity index (χ0v) is 13.8. The second-order valence-electron chi connectivity index (χ2n) is 6.86. The van der Waals surface area contributed by atoms with E-state index in [-0.39, 0.29) is 11.3 Å². The molecule has 1 fully saturated rings. The lowest BCUT2D eigenvalue weighted by atomic mass is 9.83. The zero-order valence-electron chi connectivity index (χ0n) is 13.8. The largest absolute Gasteiger partial charge is 0.504 e. The molecular weight excluding hydrogens is 304 g/mol. The molecule has 2 bridgehead atoms. The van der Waals surface area contributed by atoms with Gasteiger partial charge in [0.25, 0.3) is 5.56 Å². The molecule has 1 aromatic carbocycles. The Morgan fingerprint density at radius 3 is 2.83 bits per heavy atom. The van der Waals surface area contributed by atoms with E-state index in [2.05, 4.69) is 11.0 Å². The van der Waals surface area contributed by atoms with Crippen LogP contribution in [0.15, 0.2) is 41.2 Å². The maximum atomic E-state index is 12.1. The van der Waals surface area contributed by atoms with Crippen LogP contribution in [0.5, 0.6) is 11.5 Å². The molecule has 24 heavy (non-hydrogen) atoms. The molecule has 0 radical (unpaired) electrons. The molecule has 3 heterocycles. The number of pyridine rings is 1. The average molecular weight is 326 g/mol. The highest BCUT2D eigenvalue weighted by molar-refractivity contribution is 5.45. The van der Waals surface area contributed by atoms with Gasteiger partial charge in [0.2, 0.25) is 0 Å². The molecule has 5 nitrogen and oxygen atoms in total. The summed E-state index contributed by atoms with van der Waals surface area (Å²) in [5.74, 6) is 1.62. The predicted molar refractivity (Wildman–Crippen MR) is 91.5 cm³/mol. The summed E-state index contributed by atoms with van der Waals surface area (Å²) in [7, 11) is 1.57. The number of ether oxygens (including phenoxy) is 1. The van der Waals surface area contributed by atoms with Crippen molar-refractivity contribution in [1.82, 2.24) is 9.47 Å². The van der Waals surface area contributed by atoms with Crippen LogP contribution in [-0.2, 0) is 13.1 Å². The number of hydrogen-bond donors (Lipinski definition) is 1. The molecule has 2 aromatic rings. The Morgan fingerprint density at radius 1 is 1.17 bits per heavy atom. The van der Waals surface area contributed by atoms with Gasteiger partial charge in [0.15, 0.2) is 11.5 Å². The van der Waals surface area contributed by atoms with Gasteiger partial charge < -0.3 is 14.4 Å². The molecule has 1 saturated heterocycles. The number of piperidine rings is 1. The summed E-state index contributed by atoms with van der Waals surface area (Å²) in [6.07, 6.45) is 1.14. The minimum atomic E-state index is 0.112. The minimum Gasteiger partial charge on any atom is -0.504 e. The summed E-state index contributed by atoms with van der Waals surface area (Å²) in [4.78, 5) is 14.5. The number of benzene rings is 1. The lowest BCUT2D eigenvalue weighted by Gasteiger charge is -2.42. The minimum absolute atomic E-state index is 0.112. The van der Waals surface area contributed by atoms with Crippen LogP contribution in [0.2, 0.25) is 0 Å². The van der Waals surface area contributed by atoms with Gasteiger partial charge in [-0.05, 0) is 24.5 Å². The van der Waals surface area contributed by atoms with Crippen molar-refractivity contribution in [3.05, 3.63) is 58.0 Å². The number of hydrogen-bond acceptors (Lipinski definition) is 4. The van der Waals surface area contributed by atoms with Crippen LogP contribution < -0.4 is 10.3 Å². The van der Waals surface area contributed by atoms with Crippen molar-refractivity contribution >= 4 is 0 Å². The second kappa shape index (κ2) is 5.98. The van der Waals surface area contributed by atoms with Crippen LogP contribution in [0.25, 0.3) is 0 Å². The first-order valence-electron chi connectivity index (χ1n) is 8.42. The summed E-state index contributed by atoms with van der Waals surface area (Å²) in [6, 6.07) is 11.2. The van der Waals surface area contributed by atoms with Gasteiger partial charge in [-0.1, -0.05) is 18.2 Å². The molecule has 1 aromatic heterocycles. The zero-order chi connectivity index (χ0) is 16.7. The summed E-state index contributed by atoms with van der Waals surface area (Å²) >= 11 is 0. The van der Waals surface area contributed by atoms with Gasteiger partial charge in [0, 0.05) is 49.4 Å². The van der Waals surface area contributed by atoms with Gasteiger partial charge in [-0.25, -0.2) is 0 Å². The molecule has 0 unspecified atom stereocenters. The number of methoxy groups -OCH3 is 1. The van der Waals surface area contributed by atoms with Gasteiger partial charge in [0.05, 0.1) is 7.11 Å². The average Bonchev–Trinajstić information content (AvgIpc) is 2.58. The van der Waals surface area contributed by atoms with E-state index in [0.29, 0.717) is 24.1 Å². The van der Waals surface area contributed by atoms with Crippen molar-refractivity contribution in [2.45, 2.75) is 25.4 Å². The fourth-order valence-electron chi connectivity index (χ4n) is 4.23. The van der Waals surface area contributed by atoms with Crippen molar-refractivity contribution in [3.8, 4) is 11.5 Å². The highest BCUT2D eigenvalue weighted by Gasteiger charge is 2.34. The normalized spacial score (nSPS) is 22.9. The molecule has 2 aliphatic heterocycles. The third-order valence-electron chi connectivity index (χ3n) is 5.25. The number of rotatable bonds is 3. The topological polar surface area (TPSA) is 54.7 Å². The molecule has 0 spiro atoms. The van der Waals surface area contributed by atoms with Crippen LogP contribution in [-0.4, -0.2) is 34.8 Å². The van der Waals surface area contributed by atoms with Crippen LogP contribution in [0, 0.1) is 5.92 Å². The van der Waals surface area contributed by atoms with E-state index in [0.717, 1.165) is 37.3 Å². The van der Waals surface area contributed by atoms with Gasteiger partial charge in [-0.3, -0.25) is 9.69 Å². The first-order chi connectivity index (χ1) is 11.7. The SMILES string of the molecule is COc1cccc(CN2C[C@@H]3C[C@H](C2)c2cccc(=O)n2C3)c1O. The Balaban J connectivity index is 1.58. The van der Waals surface area contributed by atoms with E-state index in [1.54, 1.807) is 19.2 Å². The Kier molecular flexibility index (Phi) is 3.81. The molecular formula is C19H22N2O3. The standard InChI is InChI=1S/C19H22N2O3/c1-24-17-6-2-4-14(19(17)23)11-20-9-13-8-15(12-20)16-5-3-7-18(22)21(16)10-13/h2-7,13,15,23H,8-12H2,1H3/t13-,15+/m0/s1. The van der Waals surface area contributed by atoms with Crippen molar-refractivity contribution in [3.63, 3.8) is 0 Å². The Bertz CT molecular complexity index is 814. The molecule has 2 atom stereocenters. The number of phenols is 1. The second-order valence-corrected chi connectivity index (χ2v) is 6.86. The number of para-hydroxylation sites is 1. The first kappa shape index (κ1) is 15.3. The lowest BCUT2D eigenvalue weighted by Crippen LogP contribution is -2.46. The monoisotopic (exact) mass is 326 g/mol. The summed E-state index contributed by atoms with van der Waals surface area (Å²) in [5, 5.41) is 10.3. The number of fused-ring (bicyclic) bond motifs is 4.